The Hall–Kier alpha value is -1.68. The van der Waals surface area contributed by atoms with E-state index in [9.17, 15) is 0 Å². The Morgan fingerprint density at radius 3 is 2.80 bits per heavy atom. The van der Waals surface area contributed by atoms with Gasteiger partial charge in [0, 0.05) is 23.4 Å². The number of anilines is 1. The summed E-state index contributed by atoms with van der Waals surface area (Å²) in [6, 6.07) is 8.66. The van der Waals surface area contributed by atoms with Crippen molar-refractivity contribution in [2.24, 2.45) is 11.7 Å². The summed E-state index contributed by atoms with van der Waals surface area (Å²) >= 11 is 0. The van der Waals surface area contributed by atoms with Gasteiger partial charge in [-0.2, -0.15) is 5.10 Å². The maximum absolute atomic E-state index is 6.05. The Morgan fingerprint density at radius 1 is 1.20 bits per heavy atom. The molecule has 1 aliphatic rings. The molecule has 106 valence electrons. The molecule has 1 aliphatic carbocycles. The lowest BCUT2D eigenvalue weighted by atomic mass is 9.86. The van der Waals surface area contributed by atoms with Crippen molar-refractivity contribution < 1.29 is 0 Å². The number of aryl methyl sites for hydroxylation is 1. The van der Waals surface area contributed by atoms with E-state index < -0.39 is 0 Å². The van der Waals surface area contributed by atoms with Crippen LogP contribution in [0.1, 0.15) is 31.4 Å². The van der Waals surface area contributed by atoms with Crippen LogP contribution in [0.15, 0.2) is 24.3 Å². The highest BCUT2D eigenvalue weighted by Crippen LogP contribution is 2.26. The third kappa shape index (κ3) is 2.75. The predicted octanol–water partition coefficient (Wildman–Crippen LogP) is 2.87. The maximum atomic E-state index is 6.05. The van der Waals surface area contributed by atoms with Gasteiger partial charge in [-0.15, -0.1) is 5.10 Å². The molecule has 0 bridgehead atoms. The number of nitrogens with one attached hydrogen (secondary N) is 1. The Morgan fingerprint density at radius 2 is 2.00 bits per heavy atom. The molecule has 2 unspecified atom stereocenters. The van der Waals surface area contributed by atoms with E-state index in [1.54, 1.807) is 0 Å². The van der Waals surface area contributed by atoms with Crippen LogP contribution in [0.5, 0.6) is 0 Å². The minimum Gasteiger partial charge on any atom is -0.368 e. The first-order valence-electron chi connectivity index (χ1n) is 7.45. The smallest absolute Gasteiger partial charge is 0.156 e. The maximum Gasteiger partial charge on any atom is 0.156 e. The second-order valence-corrected chi connectivity index (χ2v) is 5.85. The molecule has 1 saturated carbocycles. The van der Waals surface area contributed by atoms with Crippen molar-refractivity contribution in [1.82, 2.24) is 10.2 Å². The third-order valence-corrected chi connectivity index (χ3v) is 4.25. The molecular formula is C16H22N4. The number of aromatic nitrogens is 2. The zero-order valence-electron chi connectivity index (χ0n) is 12.0. The molecule has 1 aromatic heterocycles. The third-order valence-electron chi connectivity index (χ3n) is 4.25. The lowest BCUT2D eigenvalue weighted by molar-refractivity contribution is 0.335. The summed E-state index contributed by atoms with van der Waals surface area (Å²) in [5.41, 5.74) is 7.03. The number of nitrogens with zero attached hydrogens (tertiary/aromatic N) is 2. The van der Waals surface area contributed by atoms with Crippen LogP contribution in [-0.4, -0.2) is 22.8 Å². The number of rotatable bonds is 3. The molecular weight excluding hydrogens is 248 g/mol. The van der Waals surface area contributed by atoms with Crippen LogP contribution in [0.3, 0.4) is 0 Å². The molecule has 1 aromatic carbocycles. The van der Waals surface area contributed by atoms with Crippen LogP contribution in [0.25, 0.3) is 10.8 Å². The molecule has 20 heavy (non-hydrogen) atoms. The summed E-state index contributed by atoms with van der Waals surface area (Å²) in [7, 11) is 0. The van der Waals surface area contributed by atoms with E-state index in [0.717, 1.165) is 29.9 Å². The predicted molar refractivity (Wildman–Crippen MR) is 82.7 cm³/mol. The Kier molecular flexibility index (Phi) is 3.83. The zero-order chi connectivity index (χ0) is 13.9. The minimum absolute atomic E-state index is 0.372. The SMILES string of the molecule is Cc1nnc(NCC2CCCC(N)C2)c2ccccc12. The molecule has 0 spiro atoms. The summed E-state index contributed by atoms with van der Waals surface area (Å²) in [6.45, 7) is 2.94. The molecule has 1 fully saturated rings. The Bertz CT molecular complexity index is 596. The van der Waals surface area contributed by atoms with Crippen molar-refractivity contribution in [2.75, 3.05) is 11.9 Å². The van der Waals surface area contributed by atoms with Gasteiger partial charge in [0.25, 0.3) is 0 Å². The fraction of sp³-hybridized carbons (Fsp3) is 0.500. The topological polar surface area (TPSA) is 63.8 Å². The number of nitrogens with two attached hydrogens (primary N) is 1. The minimum atomic E-state index is 0.372. The Balaban J connectivity index is 1.76. The fourth-order valence-corrected chi connectivity index (χ4v) is 3.13. The molecule has 4 nitrogen and oxygen atoms in total. The van der Waals surface area contributed by atoms with Gasteiger partial charge in [0.2, 0.25) is 0 Å². The second kappa shape index (κ2) is 5.75. The van der Waals surface area contributed by atoms with Gasteiger partial charge in [-0.05, 0) is 32.1 Å². The summed E-state index contributed by atoms with van der Waals surface area (Å²) in [6.07, 6.45) is 4.79. The summed E-state index contributed by atoms with van der Waals surface area (Å²) < 4.78 is 0. The van der Waals surface area contributed by atoms with Crippen molar-refractivity contribution in [3.05, 3.63) is 30.0 Å². The fourth-order valence-electron chi connectivity index (χ4n) is 3.13. The van der Waals surface area contributed by atoms with E-state index in [1.165, 1.54) is 24.6 Å². The van der Waals surface area contributed by atoms with Gasteiger partial charge < -0.3 is 11.1 Å². The van der Waals surface area contributed by atoms with Crippen LogP contribution in [-0.2, 0) is 0 Å². The van der Waals surface area contributed by atoms with Crippen LogP contribution < -0.4 is 11.1 Å². The summed E-state index contributed by atoms with van der Waals surface area (Å²) in [5, 5.41) is 14.4. The highest BCUT2D eigenvalue weighted by Gasteiger charge is 2.19. The van der Waals surface area contributed by atoms with Crippen LogP contribution in [0, 0.1) is 12.8 Å². The Labute approximate surface area is 119 Å². The van der Waals surface area contributed by atoms with Crippen molar-refractivity contribution >= 4 is 16.6 Å². The molecule has 0 radical (unpaired) electrons. The summed E-state index contributed by atoms with van der Waals surface area (Å²) in [4.78, 5) is 0. The van der Waals surface area contributed by atoms with E-state index in [-0.39, 0.29) is 0 Å². The molecule has 2 aromatic rings. The number of fused-ring (bicyclic) bond motifs is 1. The van der Waals surface area contributed by atoms with Gasteiger partial charge in [0.1, 0.15) is 0 Å². The quantitative estimate of drug-likeness (QED) is 0.900. The first kappa shape index (κ1) is 13.3. The van der Waals surface area contributed by atoms with E-state index in [1.807, 2.05) is 19.1 Å². The number of hydrogen-bond acceptors (Lipinski definition) is 4. The molecule has 0 amide bonds. The zero-order valence-corrected chi connectivity index (χ0v) is 12.0. The summed E-state index contributed by atoms with van der Waals surface area (Å²) in [5.74, 6) is 1.55. The molecule has 3 rings (SSSR count). The average molecular weight is 270 g/mol. The number of benzene rings is 1. The van der Waals surface area contributed by atoms with Gasteiger partial charge in [-0.3, -0.25) is 0 Å². The first-order chi connectivity index (χ1) is 9.74. The van der Waals surface area contributed by atoms with Gasteiger partial charge >= 0.3 is 0 Å². The monoisotopic (exact) mass is 270 g/mol. The molecule has 4 heteroatoms. The van der Waals surface area contributed by atoms with Crippen molar-refractivity contribution in [3.8, 4) is 0 Å². The molecule has 3 N–H and O–H groups in total. The van der Waals surface area contributed by atoms with Gasteiger partial charge in [0.15, 0.2) is 5.82 Å². The van der Waals surface area contributed by atoms with Crippen LogP contribution in [0.4, 0.5) is 5.82 Å². The van der Waals surface area contributed by atoms with Gasteiger partial charge in [-0.1, -0.05) is 30.7 Å². The molecule has 1 heterocycles. The van der Waals surface area contributed by atoms with E-state index >= 15 is 0 Å². The van der Waals surface area contributed by atoms with Gasteiger partial charge in [-0.25, -0.2) is 0 Å². The van der Waals surface area contributed by atoms with E-state index in [0.29, 0.717) is 12.0 Å². The largest absolute Gasteiger partial charge is 0.368 e. The highest BCUT2D eigenvalue weighted by atomic mass is 15.2. The normalized spacial score (nSPS) is 22.9. The van der Waals surface area contributed by atoms with E-state index in [4.69, 9.17) is 5.73 Å². The molecule has 0 aliphatic heterocycles. The van der Waals surface area contributed by atoms with Crippen LogP contribution >= 0.6 is 0 Å². The van der Waals surface area contributed by atoms with Crippen molar-refractivity contribution in [1.29, 1.82) is 0 Å². The van der Waals surface area contributed by atoms with Crippen LogP contribution in [0.2, 0.25) is 0 Å². The lowest BCUT2D eigenvalue weighted by Gasteiger charge is -2.26. The first-order valence-corrected chi connectivity index (χ1v) is 7.45. The van der Waals surface area contributed by atoms with Gasteiger partial charge in [0.05, 0.1) is 5.69 Å². The standard InChI is InChI=1S/C16H22N4/c1-11-14-7-2-3-8-15(14)16(20-19-11)18-10-12-5-4-6-13(17)9-12/h2-3,7-8,12-13H,4-6,9-10,17H2,1H3,(H,18,20). The van der Waals surface area contributed by atoms with Crippen molar-refractivity contribution in [3.63, 3.8) is 0 Å². The second-order valence-electron chi connectivity index (χ2n) is 5.85. The number of hydrogen-bond donors (Lipinski definition) is 2. The highest BCUT2D eigenvalue weighted by molar-refractivity contribution is 5.92. The lowest BCUT2D eigenvalue weighted by Crippen LogP contribution is -2.31. The molecule has 0 saturated heterocycles. The molecule has 2 atom stereocenters. The van der Waals surface area contributed by atoms with E-state index in [2.05, 4.69) is 27.6 Å². The average Bonchev–Trinajstić information content (AvgIpc) is 2.47. The van der Waals surface area contributed by atoms with Crippen molar-refractivity contribution in [2.45, 2.75) is 38.6 Å².